The molecule has 92 valence electrons. The van der Waals surface area contributed by atoms with Crippen molar-refractivity contribution in [1.29, 1.82) is 0 Å². The lowest BCUT2D eigenvalue weighted by molar-refractivity contribution is -0.118. The molecule has 5 heteroatoms. The fourth-order valence-electron chi connectivity index (χ4n) is 1.99. The van der Waals surface area contributed by atoms with Crippen LogP contribution in [0.3, 0.4) is 0 Å². The van der Waals surface area contributed by atoms with Crippen LogP contribution in [0.2, 0.25) is 5.02 Å². The van der Waals surface area contributed by atoms with Crippen LogP contribution in [0.4, 0.5) is 5.69 Å². The first-order valence-corrected chi connectivity index (χ1v) is 6.74. The average molecular weight is 318 g/mol. The number of carbonyl (C=O) groups is 1. The molecule has 2 atom stereocenters. The summed E-state index contributed by atoms with van der Waals surface area (Å²) in [4.78, 5) is 12.1. The molecule has 1 heterocycles. The maximum Gasteiger partial charge on any atom is 0.241 e. The summed E-state index contributed by atoms with van der Waals surface area (Å²) in [6, 6.07) is 5.23. The normalized spacial score (nSPS) is 23.7. The zero-order valence-corrected chi connectivity index (χ0v) is 11.8. The SMILES string of the molecule is CC1CCNC1C(=O)Nc1cc(Cl)ccc1Br. The number of carbonyl (C=O) groups excluding carboxylic acids is 1. The molecule has 0 bridgehead atoms. The highest BCUT2D eigenvalue weighted by molar-refractivity contribution is 9.10. The van der Waals surface area contributed by atoms with E-state index >= 15 is 0 Å². The van der Waals surface area contributed by atoms with Crippen LogP contribution in [0.25, 0.3) is 0 Å². The zero-order chi connectivity index (χ0) is 12.4. The smallest absolute Gasteiger partial charge is 0.241 e. The molecule has 1 aliphatic heterocycles. The van der Waals surface area contributed by atoms with Crippen molar-refractivity contribution in [3.05, 3.63) is 27.7 Å². The van der Waals surface area contributed by atoms with Gasteiger partial charge in [-0.15, -0.1) is 0 Å². The van der Waals surface area contributed by atoms with Gasteiger partial charge in [-0.05, 0) is 53.0 Å². The quantitative estimate of drug-likeness (QED) is 0.880. The van der Waals surface area contributed by atoms with Crippen molar-refractivity contribution in [2.75, 3.05) is 11.9 Å². The first-order valence-electron chi connectivity index (χ1n) is 5.57. The van der Waals surface area contributed by atoms with E-state index in [2.05, 4.69) is 33.5 Å². The van der Waals surface area contributed by atoms with Crippen molar-refractivity contribution in [3.8, 4) is 0 Å². The van der Waals surface area contributed by atoms with Crippen molar-refractivity contribution in [1.82, 2.24) is 5.32 Å². The maximum atomic E-state index is 12.1. The number of anilines is 1. The second kappa shape index (κ2) is 5.38. The third-order valence-corrected chi connectivity index (χ3v) is 3.93. The first kappa shape index (κ1) is 12.9. The molecule has 17 heavy (non-hydrogen) atoms. The Labute approximate surface area is 114 Å². The highest BCUT2D eigenvalue weighted by Crippen LogP contribution is 2.26. The van der Waals surface area contributed by atoms with Gasteiger partial charge < -0.3 is 10.6 Å². The van der Waals surface area contributed by atoms with Gasteiger partial charge >= 0.3 is 0 Å². The molecule has 1 aromatic carbocycles. The van der Waals surface area contributed by atoms with Gasteiger partial charge in [0.15, 0.2) is 0 Å². The van der Waals surface area contributed by atoms with Crippen LogP contribution >= 0.6 is 27.5 Å². The molecule has 0 aromatic heterocycles. The summed E-state index contributed by atoms with van der Waals surface area (Å²) in [5.74, 6) is 0.367. The van der Waals surface area contributed by atoms with Crippen LogP contribution in [-0.4, -0.2) is 18.5 Å². The molecule has 2 N–H and O–H groups in total. The van der Waals surface area contributed by atoms with E-state index in [-0.39, 0.29) is 11.9 Å². The van der Waals surface area contributed by atoms with E-state index in [0.29, 0.717) is 16.6 Å². The van der Waals surface area contributed by atoms with Gasteiger partial charge in [0.2, 0.25) is 5.91 Å². The largest absolute Gasteiger partial charge is 0.324 e. The Kier molecular flexibility index (Phi) is 4.07. The molecule has 0 spiro atoms. The Balaban J connectivity index is 2.10. The van der Waals surface area contributed by atoms with Crippen LogP contribution in [0.5, 0.6) is 0 Å². The van der Waals surface area contributed by atoms with Gasteiger partial charge in [-0.3, -0.25) is 4.79 Å². The number of benzene rings is 1. The lowest BCUT2D eigenvalue weighted by Gasteiger charge is -2.16. The predicted octanol–water partition coefficient (Wildman–Crippen LogP) is 3.04. The predicted molar refractivity (Wildman–Crippen MR) is 73.4 cm³/mol. The molecule has 0 aliphatic carbocycles. The zero-order valence-electron chi connectivity index (χ0n) is 9.47. The second-order valence-corrected chi connectivity index (χ2v) is 5.60. The molecule has 0 radical (unpaired) electrons. The van der Waals surface area contributed by atoms with Gasteiger partial charge in [-0.25, -0.2) is 0 Å². The molecule has 1 amide bonds. The molecule has 0 saturated carbocycles. The topological polar surface area (TPSA) is 41.1 Å². The van der Waals surface area contributed by atoms with Gasteiger partial charge in [-0.2, -0.15) is 0 Å². The Morgan fingerprint density at radius 1 is 1.59 bits per heavy atom. The molecular formula is C12H14BrClN2O. The van der Waals surface area contributed by atoms with E-state index in [1.54, 1.807) is 12.1 Å². The third kappa shape index (κ3) is 3.00. The van der Waals surface area contributed by atoms with Gasteiger partial charge in [0.1, 0.15) is 0 Å². The summed E-state index contributed by atoms with van der Waals surface area (Å²) in [7, 11) is 0. The Morgan fingerprint density at radius 3 is 3.00 bits per heavy atom. The Bertz CT molecular complexity index is 439. The second-order valence-electron chi connectivity index (χ2n) is 4.31. The lowest BCUT2D eigenvalue weighted by Crippen LogP contribution is -2.39. The summed E-state index contributed by atoms with van der Waals surface area (Å²) >= 11 is 9.29. The fraction of sp³-hybridized carbons (Fsp3) is 0.417. The maximum absolute atomic E-state index is 12.1. The van der Waals surface area contributed by atoms with Crippen LogP contribution in [-0.2, 0) is 4.79 Å². The number of halogens is 2. The van der Waals surface area contributed by atoms with Crippen molar-refractivity contribution >= 4 is 39.1 Å². The molecule has 1 fully saturated rings. The van der Waals surface area contributed by atoms with Crippen LogP contribution in [0.15, 0.2) is 22.7 Å². The van der Waals surface area contributed by atoms with Crippen molar-refractivity contribution in [3.63, 3.8) is 0 Å². The van der Waals surface area contributed by atoms with E-state index in [9.17, 15) is 4.79 Å². The van der Waals surface area contributed by atoms with Crippen molar-refractivity contribution < 1.29 is 4.79 Å². The Hall–Kier alpha value is -0.580. The van der Waals surface area contributed by atoms with E-state index in [4.69, 9.17) is 11.6 Å². The molecule has 3 nitrogen and oxygen atoms in total. The molecule has 2 unspecified atom stereocenters. The number of hydrogen-bond donors (Lipinski definition) is 2. The molecule has 2 rings (SSSR count). The number of nitrogens with one attached hydrogen (secondary N) is 2. The minimum Gasteiger partial charge on any atom is -0.324 e. The van der Waals surface area contributed by atoms with E-state index in [1.165, 1.54) is 0 Å². The van der Waals surface area contributed by atoms with E-state index < -0.39 is 0 Å². The Morgan fingerprint density at radius 2 is 2.35 bits per heavy atom. The van der Waals surface area contributed by atoms with Crippen molar-refractivity contribution in [2.24, 2.45) is 5.92 Å². The summed E-state index contributed by atoms with van der Waals surface area (Å²) in [6.07, 6.45) is 1.04. The van der Waals surface area contributed by atoms with Crippen molar-refractivity contribution in [2.45, 2.75) is 19.4 Å². The highest BCUT2D eigenvalue weighted by Gasteiger charge is 2.29. The number of rotatable bonds is 2. The first-order chi connectivity index (χ1) is 8.08. The summed E-state index contributed by atoms with van der Waals surface area (Å²) in [6.45, 7) is 2.98. The number of hydrogen-bond acceptors (Lipinski definition) is 2. The van der Waals surface area contributed by atoms with Crippen LogP contribution in [0, 0.1) is 5.92 Å². The van der Waals surface area contributed by atoms with Gasteiger partial charge in [0.25, 0.3) is 0 Å². The molecular weight excluding hydrogens is 304 g/mol. The minimum absolute atomic E-state index is 0.00188. The van der Waals surface area contributed by atoms with E-state index in [1.807, 2.05) is 6.07 Å². The summed E-state index contributed by atoms with van der Waals surface area (Å²) in [5, 5.41) is 6.70. The van der Waals surface area contributed by atoms with E-state index in [0.717, 1.165) is 17.4 Å². The monoisotopic (exact) mass is 316 g/mol. The molecule has 1 aliphatic rings. The highest BCUT2D eigenvalue weighted by atomic mass is 79.9. The van der Waals surface area contributed by atoms with Crippen LogP contribution in [0.1, 0.15) is 13.3 Å². The molecule has 1 saturated heterocycles. The lowest BCUT2D eigenvalue weighted by atomic mass is 10.0. The standard InChI is InChI=1S/C12H14BrClN2O/c1-7-4-5-15-11(7)12(17)16-10-6-8(14)2-3-9(10)13/h2-3,6-7,11,15H,4-5H2,1H3,(H,16,17). The van der Waals surface area contributed by atoms with Gasteiger partial charge in [0.05, 0.1) is 11.7 Å². The van der Waals surface area contributed by atoms with Crippen LogP contribution < -0.4 is 10.6 Å². The van der Waals surface area contributed by atoms with Gasteiger partial charge in [0, 0.05) is 9.50 Å². The van der Waals surface area contributed by atoms with Gasteiger partial charge in [-0.1, -0.05) is 18.5 Å². The number of amides is 1. The summed E-state index contributed by atoms with van der Waals surface area (Å²) in [5.41, 5.74) is 0.711. The minimum atomic E-state index is -0.110. The average Bonchev–Trinajstić information content (AvgIpc) is 2.70. The molecule has 1 aromatic rings. The third-order valence-electron chi connectivity index (χ3n) is 3.00. The fourth-order valence-corrected chi connectivity index (χ4v) is 2.51. The summed E-state index contributed by atoms with van der Waals surface area (Å²) < 4.78 is 0.834.